The number of guanidine groups is 1. The van der Waals surface area contributed by atoms with Crippen LogP contribution in [-0.4, -0.2) is 36.2 Å². The van der Waals surface area contributed by atoms with E-state index in [2.05, 4.69) is 20.3 Å². The summed E-state index contributed by atoms with van der Waals surface area (Å²) in [5.41, 5.74) is 5.88. The molecule has 4 N–H and O–H groups in total. The number of ether oxygens (including phenoxy) is 1. The Morgan fingerprint density at radius 1 is 1.67 bits per heavy atom. The molecule has 0 aliphatic carbocycles. The molecular formula is C10H18IN5O2. The first kappa shape index (κ1) is 16.8. The smallest absolute Gasteiger partial charge is 0.255 e. The van der Waals surface area contributed by atoms with Crippen LogP contribution in [0.2, 0.25) is 0 Å². The number of methoxy groups -OCH3 is 1. The van der Waals surface area contributed by atoms with Crippen LogP contribution in [0.3, 0.4) is 0 Å². The lowest BCUT2D eigenvalue weighted by Gasteiger charge is -2.04. The average molecular weight is 367 g/mol. The number of nitrogens with one attached hydrogen (secondary N) is 2. The number of rotatable bonds is 5. The molecule has 0 aliphatic rings. The Kier molecular flexibility index (Phi) is 8.29. The van der Waals surface area contributed by atoms with Crippen molar-refractivity contribution in [2.24, 2.45) is 10.7 Å². The average Bonchev–Trinajstić information content (AvgIpc) is 2.28. The number of aromatic nitrogens is 2. The van der Waals surface area contributed by atoms with E-state index in [-0.39, 0.29) is 42.0 Å². The summed E-state index contributed by atoms with van der Waals surface area (Å²) in [6, 6.07) is 0. The Bertz CT molecular complexity index is 446. The van der Waals surface area contributed by atoms with Crippen molar-refractivity contribution in [3.63, 3.8) is 0 Å². The summed E-state index contributed by atoms with van der Waals surface area (Å²) in [6.45, 7) is 3.04. The molecule has 0 aliphatic heterocycles. The van der Waals surface area contributed by atoms with Crippen LogP contribution in [-0.2, 0) is 11.3 Å². The van der Waals surface area contributed by atoms with Crippen molar-refractivity contribution >= 4 is 29.9 Å². The topological polar surface area (TPSA) is 105 Å². The normalized spacial score (nSPS) is 10.9. The van der Waals surface area contributed by atoms with Crippen molar-refractivity contribution in [3.05, 3.63) is 27.9 Å². The molecule has 0 amide bonds. The number of hydrogen-bond donors (Lipinski definition) is 3. The zero-order chi connectivity index (χ0) is 12.7. The Labute approximate surface area is 122 Å². The molecular weight excluding hydrogens is 349 g/mol. The van der Waals surface area contributed by atoms with Gasteiger partial charge in [0, 0.05) is 19.9 Å². The first-order valence-corrected chi connectivity index (χ1v) is 5.21. The fourth-order valence-corrected chi connectivity index (χ4v) is 1.13. The van der Waals surface area contributed by atoms with Gasteiger partial charge in [0.15, 0.2) is 5.96 Å². The summed E-state index contributed by atoms with van der Waals surface area (Å²) in [4.78, 5) is 22.1. The van der Waals surface area contributed by atoms with Crippen LogP contribution in [0.25, 0.3) is 0 Å². The van der Waals surface area contributed by atoms with Crippen molar-refractivity contribution in [3.8, 4) is 0 Å². The van der Waals surface area contributed by atoms with E-state index in [1.807, 2.05) is 0 Å². The number of aromatic amines is 1. The Hall–Kier alpha value is -1.16. The highest BCUT2D eigenvalue weighted by Gasteiger charge is 1.99. The molecule has 1 rings (SSSR count). The largest absolute Gasteiger partial charge is 0.383 e. The molecule has 0 spiro atoms. The summed E-state index contributed by atoms with van der Waals surface area (Å²) < 4.78 is 4.85. The maximum atomic E-state index is 11.5. The summed E-state index contributed by atoms with van der Waals surface area (Å²) in [7, 11) is 1.60. The van der Waals surface area contributed by atoms with Crippen LogP contribution in [0.1, 0.15) is 11.4 Å². The summed E-state index contributed by atoms with van der Waals surface area (Å²) in [5.74, 6) is 0.857. The predicted molar refractivity (Wildman–Crippen MR) is 80.2 cm³/mol. The van der Waals surface area contributed by atoms with Gasteiger partial charge >= 0.3 is 0 Å². The lowest BCUT2D eigenvalue weighted by atomic mass is 10.3. The Morgan fingerprint density at radius 3 is 3.00 bits per heavy atom. The van der Waals surface area contributed by atoms with E-state index in [9.17, 15) is 4.79 Å². The minimum atomic E-state index is -0.189. The van der Waals surface area contributed by atoms with E-state index >= 15 is 0 Å². The number of hydrogen-bond acceptors (Lipinski definition) is 4. The van der Waals surface area contributed by atoms with Crippen LogP contribution in [0.15, 0.2) is 16.0 Å². The number of aliphatic imine (C=N–C) groups is 1. The van der Waals surface area contributed by atoms with Gasteiger partial charge in [0.25, 0.3) is 5.56 Å². The minimum Gasteiger partial charge on any atom is -0.383 e. The van der Waals surface area contributed by atoms with E-state index in [1.54, 1.807) is 14.0 Å². The van der Waals surface area contributed by atoms with Crippen molar-refractivity contribution in [2.45, 2.75) is 13.5 Å². The molecule has 0 fully saturated rings. The summed E-state index contributed by atoms with van der Waals surface area (Å²) in [6.07, 6.45) is 1.50. The lowest BCUT2D eigenvalue weighted by molar-refractivity contribution is 0.204. The molecule has 8 heteroatoms. The Morgan fingerprint density at radius 2 is 2.39 bits per heavy atom. The third kappa shape index (κ3) is 5.96. The zero-order valence-corrected chi connectivity index (χ0v) is 12.7. The van der Waals surface area contributed by atoms with Gasteiger partial charge in [-0.3, -0.25) is 4.79 Å². The van der Waals surface area contributed by atoms with Crippen molar-refractivity contribution in [1.29, 1.82) is 0 Å². The highest BCUT2D eigenvalue weighted by atomic mass is 127. The predicted octanol–water partition coefficient (Wildman–Crippen LogP) is -0.253. The van der Waals surface area contributed by atoms with Gasteiger partial charge < -0.3 is 20.8 Å². The molecule has 1 aromatic heterocycles. The first-order chi connectivity index (χ1) is 8.13. The van der Waals surface area contributed by atoms with Crippen LogP contribution in [0.4, 0.5) is 0 Å². The molecule has 0 saturated heterocycles. The number of halogens is 1. The van der Waals surface area contributed by atoms with E-state index in [4.69, 9.17) is 10.5 Å². The van der Waals surface area contributed by atoms with Gasteiger partial charge in [0.05, 0.1) is 18.7 Å². The van der Waals surface area contributed by atoms with Crippen molar-refractivity contribution in [1.82, 2.24) is 15.3 Å². The number of H-pyrrole nitrogens is 1. The van der Waals surface area contributed by atoms with Crippen LogP contribution < -0.4 is 16.6 Å². The zero-order valence-electron chi connectivity index (χ0n) is 10.4. The number of aryl methyl sites for hydroxylation is 1. The molecule has 0 saturated carbocycles. The van der Waals surface area contributed by atoms with Crippen LogP contribution >= 0.6 is 24.0 Å². The molecule has 0 atom stereocenters. The molecule has 0 unspecified atom stereocenters. The second-order valence-electron chi connectivity index (χ2n) is 3.44. The third-order valence-corrected chi connectivity index (χ3v) is 2.03. The van der Waals surface area contributed by atoms with Crippen molar-refractivity contribution < 1.29 is 4.74 Å². The monoisotopic (exact) mass is 367 g/mol. The number of nitrogens with zero attached hydrogens (tertiary/aromatic N) is 2. The first-order valence-electron chi connectivity index (χ1n) is 5.21. The van der Waals surface area contributed by atoms with E-state index in [0.717, 1.165) is 0 Å². The highest BCUT2D eigenvalue weighted by molar-refractivity contribution is 14.0. The molecule has 18 heavy (non-hydrogen) atoms. The lowest BCUT2D eigenvalue weighted by Crippen LogP contribution is -2.34. The van der Waals surface area contributed by atoms with Crippen LogP contribution in [0.5, 0.6) is 0 Å². The Balaban J connectivity index is 0.00000289. The minimum absolute atomic E-state index is 0. The molecule has 0 bridgehead atoms. The summed E-state index contributed by atoms with van der Waals surface area (Å²) in [5, 5.41) is 2.85. The molecule has 0 aromatic carbocycles. The quantitative estimate of drug-likeness (QED) is 0.288. The summed E-state index contributed by atoms with van der Waals surface area (Å²) >= 11 is 0. The van der Waals surface area contributed by atoms with E-state index in [1.165, 1.54) is 6.20 Å². The van der Waals surface area contributed by atoms with Gasteiger partial charge in [-0.15, -0.1) is 24.0 Å². The third-order valence-electron chi connectivity index (χ3n) is 2.03. The molecule has 102 valence electrons. The molecule has 0 radical (unpaired) electrons. The van der Waals surface area contributed by atoms with Gasteiger partial charge in [-0.25, -0.2) is 9.98 Å². The van der Waals surface area contributed by atoms with Gasteiger partial charge in [0.2, 0.25) is 0 Å². The van der Waals surface area contributed by atoms with Crippen LogP contribution in [0, 0.1) is 6.92 Å². The SMILES string of the molecule is COCCNC(N)=NCc1cnc(C)[nH]c1=O.I. The fourth-order valence-electron chi connectivity index (χ4n) is 1.13. The van der Waals surface area contributed by atoms with Gasteiger partial charge in [-0.05, 0) is 6.92 Å². The number of nitrogens with two attached hydrogens (primary N) is 1. The molecule has 1 heterocycles. The molecule has 1 aromatic rings. The maximum absolute atomic E-state index is 11.5. The standard InChI is InChI=1S/C10H17N5O2.HI/c1-7-13-5-8(9(16)15-7)6-14-10(11)12-3-4-17-2;/h5H,3-4,6H2,1-2H3,(H3,11,12,14)(H,13,15,16);1H. The van der Waals surface area contributed by atoms with Gasteiger partial charge in [0.1, 0.15) is 5.82 Å². The molecule has 7 nitrogen and oxygen atoms in total. The highest BCUT2D eigenvalue weighted by Crippen LogP contribution is 1.91. The second kappa shape index (κ2) is 8.86. The second-order valence-corrected chi connectivity index (χ2v) is 3.44. The van der Waals surface area contributed by atoms with Crippen molar-refractivity contribution in [2.75, 3.05) is 20.3 Å². The maximum Gasteiger partial charge on any atom is 0.255 e. The van der Waals surface area contributed by atoms with E-state index < -0.39 is 0 Å². The van der Waals surface area contributed by atoms with E-state index in [0.29, 0.717) is 24.5 Å². The fraction of sp³-hybridized carbons (Fsp3) is 0.500. The van der Waals surface area contributed by atoms with Gasteiger partial charge in [-0.1, -0.05) is 0 Å². The van der Waals surface area contributed by atoms with Gasteiger partial charge in [-0.2, -0.15) is 0 Å².